The highest BCUT2D eigenvalue weighted by Crippen LogP contribution is 2.17. The molecule has 1 unspecified atom stereocenters. The lowest BCUT2D eigenvalue weighted by Gasteiger charge is -2.21. The van der Waals surface area contributed by atoms with Gasteiger partial charge >= 0.3 is 0 Å². The lowest BCUT2D eigenvalue weighted by atomic mass is 10.1. The van der Waals surface area contributed by atoms with Gasteiger partial charge in [-0.15, -0.1) is 6.42 Å². The number of hydrogen-bond acceptors (Lipinski definition) is 3. The SMILES string of the molecule is C#Cc1cccc(NC(=O)CNC(=NC)N2CCC(COCc3ccccc3)C2)c1. The predicted octanol–water partition coefficient (Wildman–Crippen LogP) is 2.72. The number of aliphatic imine (C=N–C) groups is 1. The molecule has 30 heavy (non-hydrogen) atoms. The number of nitrogens with zero attached hydrogens (tertiary/aromatic N) is 2. The molecule has 0 aromatic heterocycles. The Morgan fingerprint density at radius 3 is 2.87 bits per heavy atom. The molecule has 0 bridgehead atoms. The molecule has 1 aliphatic rings. The van der Waals surface area contributed by atoms with Crippen LogP contribution in [0.25, 0.3) is 0 Å². The quantitative estimate of drug-likeness (QED) is 0.423. The first-order chi connectivity index (χ1) is 14.7. The van der Waals surface area contributed by atoms with Gasteiger partial charge in [0, 0.05) is 37.3 Å². The minimum Gasteiger partial charge on any atom is -0.376 e. The van der Waals surface area contributed by atoms with Gasteiger partial charge in [0.05, 0.1) is 19.8 Å². The minimum absolute atomic E-state index is 0.138. The Hall–Kier alpha value is -3.30. The zero-order valence-electron chi connectivity index (χ0n) is 17.3. The van der Waals surface area contributed by atoms with Crippen LogP contribution in [0.4, 0.5) is 5.69 Å². The maximum absolute atomic E-state index is 12.3. The number of terminal acetylenes is 1. The van der Waals surface area contributed by atoms with Gasteiger partial charge in [0.25, 0.3) is 0 Å². The van der Waals surface area contributed by atoms with Crippen molar-refractivity contribution in [3.05, 3.63) is 65.7 Å². The molecule has 1 amide bonds. The minimum atomic E-state index is -0.146. The molecule has 156 valence electrons. The van der Waals surface area contributed by atoms with Crippen molar-refractivity contribution in [1.29, 1.82) is 0 Å². The topological polar surface area (TPSA) is 66.0 Å². The molecule has 2 aromatic carbocycles. The van der Waals surface area contributed by atoms with Gasteiger partial charge in [0.1, 0.15) is 0 Å². The van der Waals surface area contributed by atoms with Crippen LogP contribution in [-0.2, 0) is 16.1 Å². The Labute approximate surface area is 178 Å². The lowest BCUT2D eigenvalue weighted by Crippen LogP contribution is -2.43. The Bertz CT molecular complexity index is 905. The molecule has 6 heteroatoms. The summed E-state index contributed by atoms with van der Waals surface area (Å²) in [7, 11) is 1.73. The fourth-order valence-electron chi connectivity index (χ4n) is 3.46. The van der Waals surface area contributed by atoms with Crippen LogP contribution in [0.2, 0.25) is 0 Å². The number of carbonyl (C=O) groups is 1. The fourth-order valence-corrected chi connectivity index (χ4v) is 3.46. The van der Waals surface area contributed by atoms with Crippen molar-refractivity contribution in [3.63, 3.8) is 0 Å². The number of anilines is 1. The molecular formula is C24H28N4O2. The number of rotatable bonds is 7. The maximum atomic E-state index is 12.3. The van der Waals surface area contributed by atoms with Gasteiger partial charge in [-0.1, -0.05) is 42.3 Å². The van der Waals surface area contributed by atoms with E-state index in [1.165, 1.54) is 5.56 Å². The second-order valence-electron chi connectivity index (χ2n) is 7.28. The zero-order chi connectivity index (χ0) is 21.2. The predicted molar refractivity (Wildman–Crippen MR) is 120 cm³/mol. The van der Waals surface area contributed by atoms with E-state index in [9.17, 15) is 4.79 Å². The van der Waals surface area contributed by atoms with E-state index in [-0.39, 0.29) is 12.5 Å². The fraction of sp³-hybridized carbons (Fsp3) is 0.333. The van der Waals surface area contributed by atoms with E-state index >= 15 is 0 Å². The third kappa shape index (κ3) is 6.36. The molecule has 2 aromatic rings. The number of likely N-dealkylation sites (tertiary alicyclic amines) is 1. The maximum Gasteiger partial charge on any atom is 0.243 e. The number of guanidine groups is 1. The summed E-state index contributed by atoms with van der Waals surface area (Å²) in [5, 5.41) is 5.99. The van der Waals surface area contributed by atoms with Crippen molar-refractivity contribution in [2.45, 2.75) is 13.0 Å². The molecule has 6 nitrogen and oxygen atoms in total. The summed E-state index contributed by atoms with van der Waals surface area (Å²) in [4.78, 5) is 18.8. The summed E-state index contributed by atoms with van der Waals surface area (Å²) in [6, 6.07) is 17.4. The molecular weight excluding hydrogens is 376 g/mol. The zero-order valence-corrected chi connectivity index (χ0v) is 17.3. The molecule has 1 saturated heterocycles. The average Bonchev–Trinajstić information content (AvgIpc) is 3.24. The van der Waals surface area contributed by atoms with Gasteiger partial charge in [0.2, 0.25) is 5.91 Å². The van der Waals surface area contributed by atoms with Crippen LogP contribution in [0.5, 0.6) is 0 Å². The molecule has 1 aliphatic heterocycles. The molecule has 1 fully saturated rings. The number of nitrogens with one attached hydrogen (secondary N) is 2. The molecule has 0 spiro atoms. The van der Waals surface area contributed by atoms with E-state index in [0.29, 0.717) is 24.8 Å². The Balaban J connectivity index is 1.40. The standard InChI is InChI=1S/C24H28N4O2/c1-3-19-10-7-11-22(14-19)27-23(29)15-26-24(25-2)28-13-12-21(16-28)18-30-17-20-8-5-4-6-9-20/h1,4-11,14,21H,12-13,15-18H2,2H3,(H,25,26)(H,27,29). The summed E-state index contributed by atoms with van der Waals surface area (Å²) in [5.41, 5.74) is 2.60. The molecule has 0 aliphatic carbocycles. The Morgan fingerprint density at radius 2 is 2.10 bits per heavy atom. The van der Waals surface area contributed by atoms with E-state index in [4.69, 9.17) is 11.2 Å². The summed E-state index contributed by atoms with van der Waals surface area (Å²) in [6.07, 6.45) is 6.44. The third-order valence-electron chi connectivity index (χ3n) is 4.98. The van der Waals surface area contributed by atoms with Crippen molar-refractivity contribution < 1.29 is 9.53 Å². The average molecular weight is 405 g/mol. The highest BCUT2D eigenvalue weighted by atomic mass is 16.5. The van der Waals surface area contributed by atoms with Gasteiger partial charge in [-0.25, -0.2) is 0 Å². The van der Waals surface area contributed by atoms with E-state index in [0.717, 1.165) is 31.0 Å². The number of carbonyl (C=O) groups excluding carboxylic acids is 1. The van der Waals surface area contributed by atoms with Crippen molar-refractivity contribution in [1.82, 2.24) is 10.2 Å². The van der Waals surface area contributed by atoms with Gasteiger partial charge < -0.3 is 20.3 Å². The normalized spacial score (nSPS) is 16.2. The van der Waals surface area contributed by atoms with E-state index in [1.54, 1.807) is 13.1 Å². The van der Waals surface area contributed by atoms with Crippen LogP contribution in [-0.4, -0.2) is 50.1 Å². The van der Waals surface area contributed by atoms with Crippen LogP contribution in [0, 0.1) is 18.3 Å². The van der Waals surface area contributed by atoms with Gasteiger partial charge in [-0.2, -0.15) is 0 Å². The van der Waals surface area contributed by atoms with E-state index in [2.05, 4.69) is 38.6 Å². The second kappa shape index (κ2) is 11.0. The van der Waals surface area contributed by atoms with Crippen molar-refractivity contribution in [2.24, 2.45) is 10.9 Å². The second-order valence-corrected chi connectivity index (χ2v) is 7.28. The molecule has 2 N–H and O–H groups in total. The molecule has 1 atom stereocenters. The molecule has 3 rings (SSSR count). The number of ether oxygens (including phenoxy) is 1. The molecule has 0 saturated carbocycles. The first-order valence-electron chi connectivity index (χ1n) is 10.1. The smallest absolute Gasteiger partial charge is 0.243 e. The monoisotopic (exact) mass is 404 g/mol. The Kier molecular flexibility index (Phi) is 7.87. The van der Waals surface area contributed by atoms with Crippen molar-refractivity contribution in [2.75, 3.05) is 38.6 Å². The summed E-state index contributed by atoms with van der Waals surface area (Å²) < 4.78 is 5.88. The van der Waals surface area contributed by atoms with Crippen LogP contribution in [0.1, 0.15) is 17.5 Å². The first kappa shape index (κ1) is 21.4. The van der Waals surface area contributed by atoms with Crippen LogP contribution in [0.3, 0.4) is 0 Å². The molecule has 0 radical (unpaired) electrons. The molecule has 1 heterocycles. The first-order valence-corrected chi connectivity index (χ1v) is 10.1. The van der Waals surface area contributed by atoms with Gasteiger partial charge in [-0.3, -0.25) is 9.79 Å². The summed E-state index contributed by atoms with van der Waals surface area (Å²) in [5.74, 6) is 3.60. The highest BCUT2D eigenvalue weighted by molar-refractivity contribution is 5.95. The van der Waals surface area contributed by atoms with Gasteiger partial charge in [-0.05, 0) is 30.2 Å². The van der Waals surface area contributed by atoms with Crippen LogP contribution < -0.4 is 10.6 Å². The highest BCUT2D eigenvalue weighted by Gasteiger charge is 2.25. The van der Waals surface area contributed by atoms with Gasteiger partial charge in [0.15, 0.2) is 5.96 Å². The van der Waals surface area contributed by atoms with E-state index in [1.807, 2.05) is 36.4 Å². The summed E-state index contributed by atoms with van der Waals surface area (Å²) in [6.45, 7) is 3.24. The lowest BCUT2D eigenvalue weighted by molar-refractivity contribution is -0.115. The Morgan fingerprint density at radius 1 is 1.27 bits per heavy atom. The van der Waals surface area contributed by atoms with Crippen LogP contribution >= 0.6 is 0 Å². The number of hydrogen-bond donors (Lipinski definition) is 2. The summed E-state index contributed by atoms with van der Waals surface area (Å²) >= 11 is 0. The van der Waals surface area contributed by atoms with Crippen LogP contribution in [0.15, 0.2) is 59.6 Å². The van der Waals surface area contributed by atoms with Crippen molar-refractivity contribution >= 4 is 17.6 Å². The largest absolute Gasteiger partial charge is 0.376 e. The third-order valence-corrected chi connectivity index (χ3v) is 4.98. The number of amides is 1. The van der Waals surface area contributed by atoms with Crippen molar-refractivity contribution in [3.8, 4) is 12.3 Å². The number of benzene rings is 2. The van der Waals surface area contributed by atoms with E-state index < -0.39 is 0 Å².